The molecule has 20 heavy (non-hydrogen) atoms. The minimum absolute atomic E-state index is 0.652. The monoisotopic (exact) mass is 256 g/mol. The number of benzene rings is 2. The molecule has 0 fully saturated rings. The van der Waals surface area contributed by atoms with Gasteiger partial charge in [-0.2, -0.15) is 0 Å². The topological polar surface area (TPSA) is 0 Å². The van der Waals surface area contributed by atoms with Gasteiger partial charge in [0.1, 0.15) is 0 Å². The number of hydrogen-bond acceptors (Lipinski definition) is 0. The van der Waals surface area contributed by atoms with Gasteiger partial charge in [-0.25, -0.2) is 0 Å². The highest BCUT2D eigenvalue weighted by Crippen LogP contribution is 2.52. The van der Waals surface area contributed by atoms with E-state index in [2.05, 4.69) is 54.6 Å². The molecule has 96 valence electrons. The van der Waals surface area contributed by atoms with Gasteiger partial charge in [-0.3, -0.25) is 0 Å². The van der Waals surface area contributed by atoms with Crippen LogP contribution in [0.3, 0.4) is 0 Å². The van der Waals surface area contributed by atoms with Crippen molar-refractivity contribution >= 4 is 11.6 Å². The fraction of sp³-hybridized carbons (Fsp3) is 0.200. The Hall–Kier alpha value is -2.08. The molecule has 0 aromatic heterocycles. The van der Waals surface area contributed by atoms with Gasteiger partial charge in [0.2, 0.25) is 0 Å². The normalized spacial score (nSPS) is 22.0. The molecule has 0 amide bonds. The zero-order valence-electron chi connectivity index (χ0n) is 11.4. The second kappa shape index (κ2) is 3.73. The zero-order chi connectivity index (χ0) is 13.1. The Bertz CT molecular complexity index is 789. The van der Waals surface area contributed by atoms with Crippen molar-refractivity contribution in [2.75, 3.05) is 0 Å². The maximum absolute atomic E-state index is 2.44. The predicted molar refractivity (Wildman–Crippen MR) is 83.5 cm³/mol. The van der Waals surface area contributed by atoms with Gasteiger partial charge in [0.15, 0.2) is 0 Å². The standard InChI is InChI=1S/C20H16/c1-3-7-17-13(5-1)9-15-11-20-16(12-19(15)17)10-14-6-2-4-8-18(14)20/h1-9,19H,10-12H2. The van der Waals surface area contributed by atoms with E-state index in [1.54, 1.807) is 22.3 Å². The van der Waals surface area contributed by atoms with Crippen molar-refractivity contribution in [3.05, 3.63) is 81.9 Å². The van der Waals surface area contributed by atoms with E-state index in [-0.39, 0.29) is 0 Å². The van der Waals surface area contributed by atoms with Crippen molar-refractivity contribution < 1.29 is 0 Å². The molecular weight excluding hydrogens is 240 g/mol. The van der Waals surface area contributed by atoms with Crippen LogP contribution in [0.5, 0.6) is 0 Å². The van der Waals surface area contributed by atoms with Crippen LogP contribution in [-0.4, -0.2) is 0 Å². The van der Waals surface area contributed by atoms with Crippen LogP contribution in [0.25, 0.3) is 11.6 Å². The highest BCUT2D eigenvalue weighted by molar-refractivity contribution is 5.83. The molecule has 5 rings (SSSR count). The average molecular weight is 256 g/mol. The lowest BCUT2D eigenvalue weighted by Crippen LogP contribution is -2.07. The summed E-state index contributed by atoms with van der Waals surface area (Å²) in [7, 11) is 0. The third-order valence-electron chi connectivity index (χ3n) is 5.16. The molecule has 0 heteroatoms. The van der Waals surface area contributed by atoms with E-state index in [9.17, 15) is 0 Å². The van der Waals surface area contributed by atoms with E-state index in [0.717, 1.165) is 6.42 Å². The second-order valence-electron chi connectivity index (χ2n) is 6.20. The van der Waals surface area contributed by atoms with Gasteiger partial charge in [0, 0.05) is 5.92 Å². The average Bonchev–Trinajstić information content (AvgIpc) is 3.02. The fourth-order valence-electron chi connectivity index (χ4n) is 4.24. The number of hydrogen-bond donors (Lipinski definition) is 0. The first-order valence-electron chi connectivity index (χ1n) is 7.49. The highest BCUT2D eigenvalue weighted by atomic mass is 14.4. The van der Waals surface area contributed by atoms with E-state index >= 15 is 0 Å². The van der Waals surface area contributed by atoms with Gasteiger partial charge in [0.25, 0.3) is 0 Å². The van der Waals surface area contributed by atoms with Crippen LogP contribution in [0.4, 0.5) is 0 Å². The summed E-state index contributed by atoms with van der Waals surface area (Å²) >= 11 is 0. The fourth-order valence-corrected chi connectivity index (χ4v) is 4.24. The molecule has 0 spiro atoms. The number of rotatable bonds is 0. The van der Waals surface area contributed by atoms with E-state index in [1.165, 1.54) is 29.5 Å². The lowest BCUT2D eigenvalue weighted by molar-refractivity contribution is 0.746. The first-order chi connectivity index (χ1) is 9.90. The quantitative estimate of drug-likeness (QED) is 0.624. The Labute approximate surface area is 119 Å². The highest BCUT2D eigenvalue weighted by Gasteiger charge is 2.34. The van der Waals surface area contributed by atoms with Crippen LogP contribution in [0.2, 0.25) is 0 Å². The maximum Gasteiger partial charge on any atom is 0.00982 e. The molecule has 2 aromatic rings. The summed E-state index contributed by atoms with van der Waals surface area (Å²) in [5.74, 6) is 0.652. The molecule has 0 heterocycles. The van der Waals surface area contributed by atoms with Crippen molar-refractivity contribution in [1.29, 1.82) is 0 Å². The van der Waals surface area contributed by atoms with Crippen LogP contribution >= 0.6 is 0 Å². The number of fused-ring (bicyclic) bond motifs is 5. The minimum Gasteiger partial charge on any atom is -0.0619 e. The summed E-state index contributed by atoms with van der Waals surface area (Å²) in [5.41, 5.74) is 11.0. The predicted octanol–water partition coefficient (Wildman–Crippen LogP) is 4.97. The lowest BCUT2D eigenvalue weighted by Gasteiger charge is -2.24. The zero-order valence-corrected chi connectivity index (χ0v) is 11.4. The molecule has 2 aromatic carbocycles. The molecular formula is C20H16. The Morgan fingerprint density at radius 2 is 1.70 bits per heavy atom. The van der Waals surface area contributed by atoms with Crippen molar-refractivity contribution in [1.82, 2.24) is 0 Å². The van der Waals surface area contributed by atoms with Crippen LogP contribution in [0.1, 0.15) is 41.0 Å². The molecule has 1 atom stereocenters. The molecule has 0 saturated heterocycles. The molecule has 0 nitrogen and oxygen atoms in total. The third-order valence-corrected chi connectivity index (χ3v) is 5.16. The third kappa shape index (κ3) is 1.31. The Kier molecular flexibility index (Phi) is 1.99. The summed E-state index contributed by atoms with van der Waals surface area (Å²) < 4.78 is 0. The summed E-state index contributed by atoms with van der Waals surface area (Å²) in [4.78, 5) is 0. The maximum atomic E-state index is 2.44. The van der Waals surface area contributed by atoms with E-state index in [4.69, 9.17) is 0 Å². The van der Waals surface area contributed by atoms with Gasteiger partial charge in [-0.1, -0.05) is 65.8 Å². The van der Waals surface area contributed by atoms with Gasteiger partial charge in [-0.05, 0) is 47.1 Å². The van der Waals surface area contributed by atoms with Crippen LogP contribution < -0.4 is 0 Å². The molecule has 3 aliphatic rings. The van der Waals surface area contributed by atoms with Crippen molar-refractivity contribution in [3.8, 4) is 0 Å². The molecule has 1 unspecified atom stereocenters. The second-order valence-corrected chi connectivity index (χ2v) is 6.20. The van der Waals surface area contributed by atoms with E-state index in [1.807, 2.05) is 0 Å². The van der Waals surface area contributed by atoms with Crippen molar-refractivity contribution in [3.63, 3.8) is 0 Å². The van der Waals surface area contributed by atoms with Gasteiger partial charge < -0.3 is 0 Å². The molecule has 0 saturated carbocycles. The van der Waals surface area contributed by atoms with E-state index in [0.29, 0.717) is 5.92 Å². The van der Waals surface area contributed by atoms with Gasteiger partial charge in [0.05, 0.1) is 0 Å². The smallest absolute Gasteiger partial charge is 0.00982 e. The summed E-state index contributed by atoms with van der Waals surface area (Å²) in [5, 5.41) is 0. The van der Waals surface area contributed by atoms with Crippen molar-refractivity contribution in [2.24, 2.45) is 0 Å². The van der Waals surface area contributed by atoms with Gasteiger partial charge >= 0.3 is 0 Å². The van der Waals surface area contributed by atoms with Gasteiger partial charge in [-0.15, -0.1) is 0 Å². The molecule has 0 N–H and O–H groups in total. The molecule has 3 aliphatic carbocycles. The molecule has 0 radical (unpaired) electrons. The Balaban J connectivity index is 1.62. The lowest BCUT2D eigenvalue weighted by atomic mass is 9.79. The summed E-state index contributed by atoms with van der Waals surface area (Å²) in [6.07, 6.45) is 6.00. The molecule has 0 bridgehead atoms. The Morgan fingerprint density at radius 3 is 2.70 bits per heavy atom. The Morgan fingerprint density at radius 1 is 0.850 bits per heavy atom. The van der Waals surface area contributed by atoms with E-state index < -0.39 is 0 Å². The summed E-state index contributed by atoms with van der Waals surface area (Å²) in [6.45, 7) is 0. The number of allylic oxidation sites excluding steroid dienone is 3. The van der Waals surface area contributed by atoms with Crippen LogP contribution in [-0.2, 0) is 6.42 Å². The van der Waals surface area contributed by atoms with Crippen LogP contribution in [0.15, 0.2) is 59.7 Å². The minimum atomic E-state index is 0.652. The first-order valence-corrected chi connectivity index (χ1v) is 7.49. The molecule has 0 aliphatic heterocycles. The van der Waals surface area contributed by atoms with Crippen molar-refractivity contribution in [2.45, 2.75) is 25.2 Å². The largest absolute Gasteiger partial charge is 0.0619 e. The SMILES string of the molecule is C1=C2CC3=C(Cc4ccccc43)CC2c2ccccc21. The summed E-state index contributed by atoms with van der Waals surface area (Å²) in [6, 6.07) is 17.9. The van der Waals surface area contributed by atoms with Crippen LogP contribution in [0, 0.1) is 0 Å². The first kappa shape index (κ1) is 10.7.